The van der Waals surface area contributed by atoms with Crippen molar-refractivity contribution in [2.24, 2.45) is 0 Å². The Bertz CT molecular complexity index is 848. The summed E-state index contributed by atoms with van der Waals surface area (Å²) >= 11 is 3.43. The van der Waals surface area contributed by atoms with E-state index in [4.69, 9.17) is 4.84 Å². The minimum atomic E-state index is -0.358. The Balaban J connectivity index is 2.08. The number of carbonyl (C=O) groups is 1. The second-order valence-corrected chi connectivity index (χ2v) is 5.40. The van der Waals surface area contributed by atoms with Crippen molar-refractivity contribution in [3.05, 3.63) is 46.8 Å². The number of carbonyl (C=O) groups excluding carboxylic acids is 1. The van der Waals surface area contributed by atoms with Crippen LogP contribution in [0, 0.1) is 0 Å². The zero-order chi connectivity index (χ0) is 15.7. The Hall–Kier alpha value is -2.32. The first-order chi connectivity index (χ1) is 10.6. The van der Waals surface area contributed by atoms with Crippen molar-refractivity contribution in [3.63, 3.8) is 0 Å². The van der Waals surface area contributed by atoms with Crippen molar-refractivity contribution in [1.82, 2.24) is 24.8 Å². The first-order valence-electron chi connectivity index (χ1n) is 6.39. The molecule has 22 heavy (non-hydrogen) atoms. The summed E-state index contributed by atoms with van der Waals surface area (Å²) in [4.78, 5) is 25.4. The molecular weight excluding hydrogens is 350 g/mol. The number of halogens is 1. The van der Waals surface area contributed by atoms with Crippen LogP contribution in [0.15, 0.2) is 41.1 Å². The largest absolute Gasteiger partial charge is 0.295 e. The molecule has 0 saturated heterocycles. The predicted molar refractivity (Wildman–Crippen MR) is 83.5 cm³/mol. The van der Waals surface area contributed by atoms with E-state index < -0.39 is 0 Å². The lowest BCUT2D eigenvalue weighted by molar-refractivity contribution is -0.0760. The highest BCUT2D eigenvalue weighted by Crippen LogP contribution is 2.21. The van der Waals surface area contributed by atoms with Gasteiger partial charge in [-0.1, -0.05) is 22.0 Å². The summed E-state index contributed by atoms with van der Waals surface area (Å²) in [7, 11) is 2.93. The van der Waals surface area contributed by atoms with Gasteiger partial charge in [0.2, 0.25) is 0 Å². The normalized spacial score (nSPS) is 10.9. The summed E-state index contributed by atoms with van der Waals surface area (Å²) in [5.74, 6) is -0.0350. The van der Waals surface area contributed by atoms with Crippen LogP contribution in [0.5, 0.6) is 0 Å². The average molecular weight is 362 g/mol. The van der Waals surface area contributed by atoms with Gasteiger partial charge in [0.15, 0.2) is 0 Å². The number of amides is 1. The van der Waals surface area contributed by atoms with E-state index in [2.05, 4.69) is 31.0 Å². The fraction of sp³-hybridized carbons (Fsp3) is 0.143. The van der Waals surface area contributed by atoms with E-state index in [9.17, 15) is 4.79 Å². The fourth-order valence-electron chi connectivity index (χ4n) is 1.96. The monoisotopic (exact) mass is 361 g/mol. The van der Waals surface area contributed by atoms with Gasteiger partial charge < -0.3 is 0 Å². The molecule has 3 aromatic rings. The summed E-state index contributed by atoms with van der Waals surface area (Å²) in [6, 6.07) is 7.32. The number of nitrogens with zero attached hydrogens (tertiary/aromatic N) is 5. The van der Waals surface area contributed by atoms with Crippen LogP contribution in [0.25, 0.3) is 16.9 Å². The molecule has 1 amide bonds. The molecule has 0 aliphatic heterocycles. The molecule has 0 unspecified atom stereocenters. The minimum Gasteiger partial charge on any atom is -0.274 e. The molecule has 0 saturated carbocycles. The molecule has 8 heteroatoms. The number of hydrogen-bond donors (Lipinski definition) is 0. The number of benzene rings is 1. The minimum absolute atomic E-state index is 0.230. The predicted octanol–water partition coefficient (Wildman–Crippen LogP) is 2.21. The van der Waals surface area contributed by atoms with E-state index in [1.807, 2.05) is 18.2 Å². The van der Waals surface area contributed by atoms with Gasteiger partial charge in [-0.2, -0.15) is 9.78 Å². The number of hydroxylamine groups is 2. The van der Waals surface area contributed by atoms with Gasteiger partial charge in [0.05, 0.1) is 18.8 Å². The maximum Gasteiger partial charge on any atom is 0.295 e. The molecule has 3 rings (SSSR count). The zero-order valence-corrected chi connectivity index (χ0v) is 13.5. The molecule has 7 nitrogen and oxygen atoms in total. The average Bonchev–Trinajstić information content (AvgIpc) is 2.96. The lowest BCUT2D eigenvalue weighted by atomic mass is 10.3. The van der Waals surface area contributed by atoms with Gasteiger partial charge in [-0.05, 0) is 18.2 Å². The van der Waals surface area contributed by atoms with Crippen LogP contribution >= 0.6 is 15.9 Å². The van der Waals surface area contributed by atoms with E-state index in [1.165, 1.54) is 26.4 Å². The van der Waals surface area contributed by atoms with Crippen molar-refractivity contribution in [1.29, 1.82) is 0 Å². The summed E-state index contributed by atoms with van der Waals surface area (Å²) in [6.07, 6.45) is 3.24. The number of fused-ring (bicyclic) bond motifs is 1. The van der Waals surface area contributed by atoms with Gasteiger partial charge >= 0.3 is 0 Å². The quantitative estimate of drug-likeness (QED) is 0.668. The zero-order valence-electron chi connectivity index (χ0n) is 11.9. The van der Waals surface area contributed by atoms with Gasteiger partial charge in [-0.15, -0.1) is 0 Å². The molecule has 112 valence electrons. The molecule has 2 aromatic heterocycles. The molecule has 0 spiro atoms. The molecule has 0 atom stereocenters. The number of rotatable bonds is 3. The summed E-state index contributed by atoms with van der Waals surface area (Å²) in [5, 5.41) is 6.34. The molecular formula is C14H12BrN5O2. The van der Waals surface area contributed by atoms with Crippen LogP contribution in [0.3, 0.4) is 0 Å². The maximum absolute atomic E-state index is 12.1. The van der Waals surface area contributed by atoms with Gasteiger partial charge in [-0.25, -0.2) is 15.0 Å². The molecule has 0 radical (unpaired) electrons. The number of hydrogen-bond acceptors (Lipinski definition) is 5. The summed E-state index contributed by atoms with van der Waals surface area (Å²) < 4.78 is 2.51. The van der Waals surface area contributed by atoms with Gasteiger partial charge in [0.25, 0.3) is 11.9 Å². The molecule has 0 aliphatic carbocycles. The Morgan fingerprint density at radius 2 is 2.18 bits per heavy atom. The third-order valence-electron chi connectivity index (χ3n) is 3.14. The molecule has 0 bridgehead atoms. The third kappa shape index (κ3) is 2.58. The molecule has 0 aliphatic rings. The Morgan fingerprint density at radius 3 is 2.95 bits per heavy atom. The fourth-order valence-corrected chi connectivity index (χ4v) is 2.31. The van der Waals surface area contributed by atoms with E-state index in [-0.39, 0.29) is 11.6 Å². The van der Waals surface area contributed by atoms with Crippen LogP contribution < -0.4 is 0 Å². The highest BCUT2D eigenvalue weighted by Gasteiger charge is 2.15. The van der Waals surface area contributed by atoms with Crippen molar-refractivity contribution in [2.75, 3.05) is 14.2 Å². The van der Waals surface area contributed by atoms with Crippen LogP contribution in [0.1, 0.15) is 10.5 Å². The Labute approximate surface area is 134 Å². The first kappa shape index (κ1) is 14.6. The lowest BCUT2D eigenvalue weighted by Gasteiger charge is -2.13. The third-order valence-corrected chi connectivity index (χ3v) is 3.64. The summed E-state index contributed by atoms with van der Waals surface area (Å²) in [5.41, 5.74) is 1.08. The number of aromatic nitrogens is 4. The Morgan fingerprint density at radius 1 is 1.36 bits per heavy atom. The van der Waals surface area contributed by atoms with E-state index in [0.29, 0.717) is 5.95 Å². The van der Waals surface area contributed by atoms with E-state index in [1.54, 1.807) is 10.9 Å². The van der Waals surface area contributed by atoms with E-state index >= 15 is 0 Å². The molecule has 0 N–H and O–H groups in total. The SMILES string of the molecule is CON(C)C(=O)c1ccnc(-n2ncc3ccc(Br)cc32)n1. The van der Waals surface area contributed by atoms with Crippen molar-refractivity contribution < 1.29 is 9.63 Å². The van der Waals surface area contributed by atoms with E-state index in [0.717, 1.165) is 20.4 Å². The van der Waals surface area contributed by atoms with Crippen molar-refractivity contribution in [3.8, 4) is 5.95 Å². The highest BCUT2D eigenvalue weighted by molar-refractivity contribution is 9.10. The van der Waals surface area contributed by atoms with Crippen LogP contribution in [0.4, 0.5) is 0 Å². The van der Waals surface area contributed by atoms with Crippen LogP contribution in [-0.2, 0) is 4.84 Å². The highest BCUT2D eigenvalue weighted by atomic mass is 79.9. The lowest BCUT2D eigenvalue weighted by Crippen LogP contribution is -2.26. The smallest absolute Gasteiger partial charge is 0.274 e. The standard InChI is InChI=1S/C14H12BrN5O2/c1-19(22-2)13(21)11-5-6-16-14(18-11)20-12-7-10(15)4-3-9(12)8-17-20/h3-8H,1-2H3. The van der Waals surface area contributed by atoms with Gasteiger partial charge in [0, 0.05) is 23.1 Å². The second kappa shape index (κ2) is 5.82. The van der Waals surface area contributed by atoms with Crippen LogP contribution in [-0.4, -0.2) is 44.9 Å². The molecule has 2 heterocycles. The maximum atomic E-state index is 12.1. The second-order valence-electron chi connectivity index (χ2n) is 4.49. The van der Waals surface area contributed by atoms with Crippen molar-refractivity contribution >= 4 is 32.7 Å². The Kier molecular flexibility index (Phi) is 3.86. The molecule has 0 fully saturated rings. The summed E-state index contributed by atoms with van der Waals surface area (Å²) in [6.45, 7) is 0. The topological polar surface area (TPSA) is 73.1 Å². The first-order valence-corrected chi connectivity index (χ1v) is 7.18. The molecule has 1 aromatic carbocycles. The van der Waals surface area contributed by atoms with Gasteiger partial charge in [0.1, 0.15) is 5.69 Å². The van der Waals surface area contributed by atoms with Crippen LogP contribution in [0.2, 0.25) is 0 Å². The van der Waals surface area contributed by atoms with Gasteiger partial charge in [-0.3, -0.25) is 9.63 Å². The van der Waals surface area contributed by atoms with Crippen molar-refractivity contribution in [2.45, 2.75) is 0 Å².